The van der Waals surface area contributed by atoms with Gasteiger partial charge in [0.05, 0.1) is 7.11 Å². The minimum absolute atomic E-state index is 0. The maximum atomic E-state index is 5.47. The summed E-state index contributed by atoms with van der Waals surface area (Å²) in [6.45, 7) is 10.0. The SMILES string of the molecule is CN=C(NCC1CCCN(CC(C)C)C1)N(C)Cc1ccccc1OC.I. The molecule has 1 atom stereocenters. The molecule has 1 aromatic rings. The fourth-order valence-electron chi connectivity index (χ4n) is 3.78. The number of nitrogens with one attached hydrogen (secondary N) is 1. The van der Waals surface area contributed by atoms with Crippen LogP contribution in [0.4, 0.5) is 0 Å². The first kappa shape index (κ1) is 24.0. The highest BCUT2D eigenvalue weighted by Crippen LogP contribution is 2.19. The molecule has 0 saturated carbocycles. The second-order valence-electron chi connectivity index (χ2n) is 7.76. The molecule has 1 aromatic carbocycles. The van der Waals surface area contributed by atoms with Crippen molar-refractivity contribution in [2.45, 2.75) is 33.2 Å². The van der Waals surface area contributed by atoms with Gasteiger partial charge in [0.2, 0.25) is 0 Å². The number of ether oxygens (including phenoxy) is 1. The predicted molar refractivity (Wildman–Crippen MR) is 125 cm³/mol. The van der Waals surface area contributed by atoms with Gasteiger partial charge in [-0.3, -0.25) is 4.99 Å². The number of piperidine rings is 1. The van der Waals surface area contributed by atoms with Crippen molar-refractivity contribution >= 4 is 29.9 Å². The molecule has 1 saturated heterocycles. The normalized spacial score (nSPS) is 18.1. The average Bonchev–Trinajstić information content (AvgIpc) is 2.62. The lowest BCUT2D eigenvalue weighted by molar-refractivity contribution is 0.159. The third-order valence-electron chi connectivity index (χ3n) is 4.95. The Kier molecular flexibility index (Phi) is 11.1. The van der Waals surface area contributed by atoms with Crippen molar-refractivity contribution in [3.63, 3.8) is 0 Å². The first-order valence-corrected chi connectivity index (χ1v) is 9.79. The van der Waals surface area contributed by atoms with Gasteiger partial charge < -0.3 is 19.9 Å². The minimum atomic E-state index is 0. The van der Waals surface area contributed by atoms with Gasteiger partial charge in [-0.15, -0.1) is 24.0 Å². The monoisotopic (exact) mass is 488 g/mol. The fraction of sp³-hybridized carbons (Fsp3) is 0.667. The standard InChI is InChI=1S/C21H36N4O.HI/c1-17(2)14-25-12-8-9-18(15-25)13-23-21(22-3)24(4)16-19-10-6-7-11-20(19)26-5;/h6-7,10-11,17-18H,8-9,12-16H2,1-5H3,(H,22,23);1H. The molecule has 0 bridgehead atoms. The summed E-state index contributed by atoms with van der Waals surface area (Å²) < 4.78 is 5.47. The molecule has 1 N–H and O–H groups in total. The summed E-state index contributed by atoms with van der Waals surface area (Å²) in [7, 11) is 5.65. The van der Waals surface area contributed by atoms with Crippen LogP contribution >= 0.6 is 24.0 Å². The van der Waals surface area contributed by atoms with Crippen LogP contribution < -0.4 is 10.1 Å². The Morgan fingerprint density at radius 2 is 2.11 bits per heavy atom. The van der Waals surface area contributed by atoms with Crippen LogP contribution in [-0.4, -0.2) is 63.1 Å². The molecular weight excluding hydrogens is 451 g/mol. The topological polar surface area (TPSA) is 40.1 Å². The van der Waals surface area contributed by atoms with E-state index in [1.165, 1.54) is 38.0 Å². The Balaban J connectivity index is 0.00000364. The highest BCUT2D eigenvalue weighted by atomic mass is 127. The summed E-state index contributed by atoms with van der Waals surface area (Å²) in [5.74, 6) is 3.30. The van der Waals surface area contributed by atoms with Gasteiger partial charge in [0, 0.05) is 45.8 Å². The summed E-state index contributed by atoms with van der Waals surface area (Å²) in [5, 5.41) is 3.58. The number of likely N-dealkylation sites (tertiary alicyclic amines) is 1. The third-order valence-corrected chi connectivity index (χ3v) is 4.95. The Morgan fingerprint density at radius 3 is 2.78 bits per heavy atom. The molecule has 0 aliphatic carbocycles. The second kappa shape index (κ2) is 12.4. The van der Waals surface area contributed by atoms with E-state index in [-0.39, 0.29) is 24.0 Å². The summed E-state index contributed by atoms with van der Waals surface area (Å²) in [5.41, 5.74) is 1.17. The van der Waals surface area contributed by atoms with Gasteiger partial charge in [-0.25, -0.2) is 0 Å². The van der Waals surface area contributed by atoms with Crippen molar-refractivity contribution in [2.24, 2.45) is 16.8 Å². The van der Waals surface area contributed by atoms with Crippen molar-refractivity contribution in [3.05, 3.63) is 29.8 Å². The molecule has 1 fully saturated rings. The van der Waals surface area contributed by atoms with Crippen LogP contribution in [0, 0.1) is 11.8 Å². The van der Waals surface area contributed by atoms with Crippen molar-refractivity contribution in [3.8, 4) is 5.75 Å². The highest BCUT2D eigenvalue weighted by molar-refractivity contribution is 14.0. The van der Waals surface area contributed by atoms with E-state index < -0.39 is 0 Å². The van der Waals surface area contributed by atoms with E-state index in [4.69, 9.17) is 4.74 Å². The number of para-hydroxylation sites is 1. The number of methoxy groups -OCH3 is 1. The maximum Gasteiger partial charge on any atom is 0.193 e. The van der Waals surface area contributed by atoms with Crippen LogP contribution in [0.2, 0.25) is 0 Å². The molecule has 0 amide bonds. The minimum Gasteiger partial charge on any atom is -0.496 e. The quantitative estimate of drug-likeness (QED) is 0.361. The van der Waals surface area contributed by atoms with Crippen LogP contribution in [0.5, 0.6) is 5.75 Å². The highest BCUT2D eigenvalue weighted by Gasteiger charge is 2.21. The Labute approximate surface area is 182 Å². The Hall–Kier alpha value is -1.02. The van der Waals surface area contributed by atoms with E-state index in [0.29, 0.717) is 5.92 Å². The summed E-state index contributed by atoms with van der Waals surface area (Å²) in [6, 6.07) is 8.16. The van der Waals surface area contributed by atoms with Crippen LogP contribution in [0.15, 0.2) is 29.3 Å². The van der Waals surface area contributed by atoms with Gasteiger partial charge in [0.15, 0.2) is 5.96 Å². The van der Waals surface area contributed by atoms with E-state index in [2.05, 4.69) is 47.1 Å². The van der Waals surface area contributed by atoms with Crippen LogP contribution in [0.3, 0.4) is 0 Å². The zero-order valence-electron chi connectivity index (χ0n) is 17.6. The molecular formula is C21H37IN4O. The van der Waals surface area contributed by atoms with Gasteiger partial charge in [0.1, 0.15) is 5.75 Å². The average molecular weight is 488 g/mol. The first-order valence-electron chi connectivity index (χ1n) is 9.79. The molecule has 154 valence electrons. The Bertz CT molecular complexity index is 579. The molecule has 1 aliphatic heterocycles. The van der Waals surface area contributed by atoms with Gasteiger partial charge in [-0.1, -0.05) is 32.0 Å². The van der Waals surface area contributed by atoms with E-state index in [0.717, 1.165) is 30.7 Å². The lowest BCUT2D eigenvalue weighted by Crippen LogP contribution is -2.45. The molecule has 2 rings (SSSR count). The number of nitrogens with zero attached hydrogens (tertiary/aromatic N) is 3. The number of aliphatic imine (C=N–C) groups is 1. The molecule has 0 radical (unpaired) electrons. The molecule has 1 heterocycles. The van der Waals surface area contributed by atoms with Gasteiger partial charge in [-0.2, -0.15) is 0 Å². The number of guanidine groups is 1. The van der Waals surface area contributed by atoms with E-state index in [1.54, 1.807) is 7.11 Å². The van der Waals surface area contributed by atoms with E-state index >= 15 is 0 Å². The van der Waals surface area contributed by atoms with Gasteiger partial charge in [0.25, 0.3) is 0 Å². The first-order chi connectivity index (χ1) is 12.5. The molecule has 27 heavy (non-hydrogen) atoms. The smallest absolute Gasteiger partial charge is 0.193 e. The van der Waals surface area contributed by atoms with Crippen LogP contribution in [0.1, 0.15) is 32.3 Å². The van der Waals surface area contributed by atoms with Crippen molar-refractivity contribution in [1.82, 2.24) is 15.1 Å². The van der Waals surface area contributed by atoms with Gasteiger partial charge in [-0.05, 0) is 37.3 Å². The van der Waals surface area contributed by atoms with Crippen LogP contribution in [-0.2, 0) is 6.54 Å². The fourth-order valence-corrected chi connectivity index (χ4v) is 3.78. The number of benzene rings is 1. The van der Waals surface area contributed by atoms with Crippen molar-refractivity contribution in [1.29, 1.82) is 0 Å². The number of rotatable bonds is 7. The summed E-state index contributed by atoms with van der Waals surface area (Å²) in [6.07, 6.45) is 2.60. The third kappa shape index (κ3) is 7.86. The van der Waals surface area contributed by atoms with E-state index in [9.17, 15) is 0 Å². The molecule has 1 aliphatic rings. The zero-order chi connectivity index (χ0) is 18.9. The molecule has 0 aromatic heterocycles. The zero-order valence-corrected chi connectivity index (χ0v) is 19.9. The van der Waals surface area contributed by atoms with Crippen LogP contribution in [0.25, 0.3) is 0 Å². The van der Waals surface area contributed by atoms with Gasteiger partial charge >= 0.3 is 0 Å². The largest absolute Gasteiger partial charge is 0.496 e. The number of halogens is 1. The van der Waals surface area contributed by atoms with Crippen molar-refractivity contribution < 1.29 is 4.74 Å². The summed E-state index contributed by atoms with van der Waals surface area (Å²) >= 11 is 0. The summed E-state index contributed by atoms with van der Waals surface area (Å²) in [4.78, 5) is 9.24. The number of hydrogen-bond donors (Lipinski definition) is 1. The molecule has 0 spiro atoms. The maximum absolute atomic E-state index is 5.47. The number of hydrogen-bond acceptors (Lipinski definition) is 3. The lowest BCUT2D eigenvalue weighted by atomic mass is 9.97. The lowest BCUT2D eigenvalue weighted by Gasteiger charge is -2.34. The molecule has 5 nitrogen and oxygen atoms in total. The molecule has 6 heteroatoms. The second-order valence-corrected chi connectivity index (χ2v) is 7.76. The Morgan fingerprint density at radius 1 is 1.37 bits per heavy atom. The van der Waals surface area contributed by atoms with Crippen molar-refractivity contribution in [2.75, 3.05) is 47.4 Å². The van der Waals surface area contributed by atoms with E-state index in [1.807, 2.05) is 25.2 Å². The predicted octanol–water partition coefficient (Wildman–Crippen LogP) is 3.69. The molecule has 1 unspecified atom stereocenters.